The smallest absolute Gasteiger partial charge is 0.326 e. The number of hydrogen-bond acceptors (Lipinski definition) is 4. The van der Waals surface area contributed by atoms with E-state index in [0.29, 0.717) is 25.8 Å². The Hall–Kier alpha value is -1.63. The van der Waals surface area contributed by atoms with Crippen LogP contribution in [0.4, 0.5) is 0 Å². The van der Waals surface area contributed by atoms with Crippen molar-refractivity contribution < 1.29 is 19.5 Å². The van der Waals surface area contributed by atoms with E-state index in [2.05, 4.69) is 5.32 Å². The van der Waals surface area contributed by atoms with Gasteiger partial charge in [0.2, 0.25) is 11.8 Å². The molecule has 0 aromatic rings. The molecule has 0 saturated carbocycles. The van der Waals surface area contributed by atoms with E-state index in [1.807, 2.05) is 13.8 Å². The lowest BCUT2D eigenvalue weighted by Crippen LogP contribution is -2.56. The van der Waals surface area contributed by atoms with Crippen molar-refractivity contribution in [3.8, 4) is 0 Å². The number of carboxylic acid groups (broad SMARTS) is 1. The van der Waals surface area contributed by atoms with E-state index in [1.165, 1.54) is 4.90 Å². The lowest BCUT2D eigenvalue weighted by molar-refractivity contribution is -0.150. The number of carboxylic acids is 1. The molecule has 0 bridgehead atoms. The van der Waals surface area contributed by atoms with Gasteiger partial charge in [-0.15, -0.1) is 0 Å². The van der Waals surface area contributed by atoms with Crippen molar-refractivity contribution in [1.82, 2.24) is 10.2 Å². The highest BCUT2D eigenvalue weighted by Gasteiger charge is 2.39. The van der Waals surface area contributed by atoms with Gasteiger partial charge in [0.05, 0.1) is 6.04 Å². The summed E-state index contributed by atoms with van der Waals surface area (Å²) in [7, 11) is 0. The van der Waals surface area contributed by atoms with Gasteiger partial charge < -0.3 is 21.1 Å². The lowest BCUT2D eigenvalue weighted by atomic mass is 9.97. The summed E-state index contributed by atoms with van der Waals surface area (Å²) in [5.41, 5.74) is 5.52. The number of nitrogens with zero attached hydrogens (tertiary/aromatic N) is 1. The van der Waals surface area contributed by atoms with Crippen molar-refractivity contribution in [2.24, 2.45) is 11.7 Å². The van der Waals surface area contributed by atoms with E-state index >= 15 is 0 Å². The molecule has 1 heterocycles. The Bertz CT molecular complexity index is 411. The number of rotatable bonds is 6. The minimum atomic E-state index is -0.998. The topological polar surface area (TPSA) is 113 Å². The van der Waals surface area contributed by atoms with Gasteiger partial charge in [0.15, 0.2) is 0 Å². The fourth-order valence-corrected chi connectivity index (χ4v) is 2.43. The van der Waals surface area contributed by atoms with Crippen LogP contribution >= 0.6 is 0 Å². The summed E-state index contributed by atoms with van der Waals surface area (Å²) in [5.74, 6) is -1.82. The molecular formula is C14H25N3O4. The van der Waals surface area contributed by atoms with E-state index < -0.39 is 30.0 Å². The number of likely N-dealkylation sites (tertiary alicyclic amines) is 1. The van der Waals surface area contributed by atoms with Crippen molar-refractivity contribution >= 4 is 17.8 Å². The first kappa shape index (κ1) is 17.4. The van der Waals surface area contributed by atoms with Gasteiger partial charge in [-0.05, 0) is 25.7 Å². The van der Waals surface area contributed by atoms with Crippen molar-refractivity contribution in [2.45, 2.75) is 58.2 Å². The van der Waals surface area contributed by atoms with Crippen LogP contribution in [0.2, 0.25) is 0 Å². The Morgan fingerprint density at radius 2 is 2.00 bits per heavy atom. The molecule has 4 N–H and O–H groups in total. The predicted octanol–water partition coefficient (Wildman–Crippen LogP) is -0.0599. The molecule has 120 valence electrons. The molecule has 0 spiro atoms. The van der Waals surface area contributed by atoms with E-state index in [9.17, 15) is 19.5 Å². The predicted molar refractivity (Wildman–Crippen MR) is 77.4 cm³/mol. The van der Waals surface area contributed by atoms with E-state index in [0.717, 1.165) is 0 Å². The van der Waals surface area contributed by atoms with Gasteiger partial charge in [-0.2, -0.15) is 0 Å². The van der Waals surface area contributed by atoms with Gasteiger partial charge in [0.1, 0.15) is 12.1 Å². The zero-order valence-electron chi connectivity index (χ0n) is 12.8. The Balaban J connectivity index is 2.89. The van der Waals surface area contributed by atoms with Gasteiger partial charge in [0, 0.05) is 6.54 Å². The second kappa shape index (κ2) is 7.40. The largest absolute Gasteiger partial charge is 0.480 e. The Morgan fingerprint density at radius 3 is 2.48 bits per heavy atom. The molecule has 0 aromatic heterocycles. The summed E-state index contributed by atoms with van der Waals surface area (Å²) < 4.78 is 0. The summed E-state index contributed by atoms with van der Waals surface area (Å²) in [4.78, 5) is 37.0. The Morgan fingerprint density at radius 1 is 1.38 bits per heavy atom. The number of hydrogen-bond donors (Lipinski definition) is 3. The SMILES string of the molecule is CC[C@H](C)[C@H](NC(=O)[C@H](C)N)C(=O)N1CCC[C@H]1C(=O)O. The van der Waals surface area contributed by atoms with Crippen molar-refractivity contribution in [1.29, 1.82) is 0 Å². The average molecular weight is 299 g/mol. The van der Waals surface area contributed by atoms with Gasteiger partial charge in [0.25, 0.3) is 0 Å². The number of amides is 2. The number of carbonyl (C=O) groups is 3. The Labute approximate surface area is 124 Å². The highest BCUT2D eigenvalue weighted by molar-refractivity contribution is 5.92. The van der Waals surface area contributed by atoms with Crippen LogP contribution in [-0.4, -0.2) is 52.5 Å². The van der Waals surface area contributed by atoms with Gasteiger partial charge >= 0.3 is 5.97 Å². The van der Waals surface area contributed by atoms with Gasteiger partial charge in [-0.3, -0.25) is 9.59 Å². The van der Waals surface area contributed by atoms with Crippen LogP contribution in [0.3, 0.4) is 0 Å². The van der Waals surface area contributed by atoms with E-state index in [1.54, 1.807) is 6.92 Å². The maximum Gasteiger partial charge on any atom is 0.326 e. The maximum absolute atomic E-state index is 12.6. The molecular weight excluding hydrogens is 274 g/mol. The first-order valence-electron chi connectivity index (χ1n) is 7.38. The van der Waals surface area contributed by atoms with Crippen LogP contribution in [0.25, 0.3) is 0 Å². The van der Waals surface area contributed by atoms with Crippen LogP contribution in [0.1, 0.15) is 40.0 Å². The molecule has 1 aliphatic heterocycles. The highest BCUT2D eigenvalue weighted by Crippen LogP contribution is 2.21. The molecule has 2 amide bonds. The zero-order chi connectivity index (χ0) is 16.2. The van der Waals surface area contributed by atoms with Crippen LogP contribution in [-0.2, 0) is 14.4 Å². The first-order chi connectivity index (χ1) is 9.79. The van der Waals surface area contributed by atoms with Crippen molar-refractivity contribution in [2.75, 3.05) is 6.54 Å². The average Bonchev–Trinajstić information content (AvgIpc) is 2.92. The van der Waals surface area contributed by atoms with E-state index in [4.69, 9.17) is 5.73 Å². The molecule has 0 radical (unpaired) electrons. The molecule has 21 heavy (non-hydrogen) atoms. The fourth-order valence-electron chi connectivity index (χ4n) is 2.43. The molecule has 0 aromatic carbocycles. The molecule has 0 unspecified atom stereocenters. The van der Waals surface area contributed by atoms with Crippen LogP contribution in [0.5, 0.6) is 0 Å². The summed E-state index contributed by atoms with van der Waals surface area (Å²) in [6.45, 7) is 5.73. The quantitative estimate of drug-likeness (QED) is 0.636. The number of aliphatic carboxylic acids is 1. The van der Waals surface area contributed by atoms with Gasteiger partial charge in [-0.25, -0.2) is 4.79 Å². The van der Waals surface area contributed by atoms with E-state index in [-0.39, 0.29) is 11.8 Å². The number of nitrogens with two attached hydrogens (primary N) is 1. The molecule has 4 atom stereocenters. The summed E-state index contributed by atoms with van der Waals surface area (Å²) in [6.07, 6.45) is 1.81. The molecule has 1 aliphatic rings. The second-order valence-corrected chi connectivity index (χ2v) is 5.69. The zero-order valence-corrected chi connectivity index (χ0v) is 12.8. The molecule has 7 heteroatoms. The molecule has 1 rings (SSSR count). The number of carbonyl (C=O) groups excluding carboxylic acids is 2. The van der Waals surface area contributed by atoms with Crippen LogP contribution in [0.15, 0.2) is 0 Å². The number of nitrogens with one attached hydrogen (secondary N) is 1. The monoisotopic (exact) mass is 299 g/mol. The third kappa shape index (κ3) is 4.17. The van der Waals surface area contributed by atoms with Gasteiger partial charge in [-0.1, -0.05) is 20.3 Å². The highest BCUT2D eigenvalue weighted by atomic mass is 16.4. The standard InChI is InChI=1S/C14H25N3O4/c1-4-8(2)11(16-12(18)9(3)15)13(19)17-7-5-6-10(17)14(20)21/h8-11H,4-7,15H2,1-3H3,(H,16,18)(H,20,21)/t8-,9-,10-,11-/m0/s1. The van der Waals surface area contributed by atoms with Crippen LogP contribution in [0, 0.1) is 5.92 Å². The molecule has 1 saturated heterocycles. The Kier molecular flexibility index (Phi) is 6.14. The van der Waals surface area contributed by atoms with Crippen LogP contribution < -0.4 is 11.1 Å². The first-order valence-corrected chi connectivity index (χ1v) is 7.38. The normalized spacial score (nSPS) is 22.5. The molecule has 0 aliphatic carbocycles. The van der Waals surface area contributed by atoms with Crippen molar-refractivity contribution in [3.63, 3.8) is 0 Å². The molecule has 1 fully saturated rings. The van der Waals surface area contributed by atoms with Crippen molar-refractivity contribution in [3.05, 3.63) is 0 Å². The summed E-state index contributed by atoms with van der Waals surface area (Å²) >= 11 is 0. The summed E-state index contributed by atoms with van der Waals surface area (Å²) in [5, 5.41) is 11.8. The fraction of sp³-hybridized carbons (Fsp3) is 0.786. The third-order valence-electron chi connectivity index (χ3n) is 4.01. The molecule has 7 nitrogen and oxygen atoms in total. The maximum atomic E-state index is 12.6. The summed E-state index contributed by atoms with van der Waals surface area (Å²) in [6, 6.07) is -2.23. The second-order valence-electron chi connectivity index (χ2n) is 5.69. The minimum absolute atomic E-state index is 0.0877. The lowest BCUT2D eigenvalue weighted by Gasteiger charge is -2.30. The third-order valence-corrected chi connectivity index (χ3v) is 4.01. The minimum Gasteiger partial charge on any atom is -0.480 e.